The van der Waals surface area contributed by atoms with E-state index < -0.39 is 0 Å². The first-order valence-electron chi connectivity index (χ1n) is 29.2. The molecule has 0 saturated heterocycles. The van der Waals surface area contributed by atoms with E-state index in [1.165, 1.54) is 140 Å². The van der Waals surface area contributed by atoms with Gasteiger partial charge in [0, 0.05) is 38.9 Å². The Morgan fingerprint density at radius 1 is 0.453 bits per heavy atom. The van der Waals surface area contributed by atoms with Crippen LogP contribution in [0, 0.1) is 23.2 Å². The summed E-state index contributed by atoms with van der Waals surface area (Å²) in [6.07, 6.45) is 23.7. The van der Waals surface area contributed by atoms with Crippen molar-refractivity contribution in [3.8, 4) is 0 Å². The van der Waals surface area contributed by atoms with Gasteiger partial charge in [0.2, 0.25) is 0 Å². The third-order valence-corrected chi connectivity index (χ3v) is 22.5. The molecule has 2 atom stereocenters. The molecule has 75 heavy (non-hydrogen) atoms. The molecule has 0 N–H and O–H groups in total. The third-order valence-electron chi connectivity index (χ3n) is 21.5. The Balaban J connectivity index is 1.20. The van der Waals surface area contributed by atoms with Crippen LogP contribution in [0.3, 0.4) is 0 Å². The summed E-state index contributed by atoms with van der Waals surface area (Å²) >= 11 is 1.96. The monoisotopic (exact) mass is 1020 g/mol. The number of allylic oxidation sites excluding steroid dienone is 5. The molecule has 0 amide bonds. The number of nitrogens with zero attached hydrogens (tertiary/aromatic N) is 2. The Bertz CT molecular complexity index is 3220. The molecule has 0 aliphatic heterocycles. The van der Waals surface area contributed by atoms with Gasteiger partial charge < -0.3 is 9.80 Å². The first kappa shape index (κ1) is 52.5. The quantitative estimate of drug-likeness (QED) is 0.160. The van der Waals surface area contributed by atoms with Crippen molar-refractivity contribution in [2.75, 3.05) is 9.80 Å². The van der Waals surface area contributed by atoms with E-state index in [2.05, 4.69) is 237 Å². The van der Waals surface area contributed by atoms with Gasteiger partial charge in [-0.2, -0.15) is 0 Å². The average molecular weight is 1020 g/mol. The lowest BCUT2D eigenvalue weighted by Gasteiger charge is -2.57. The molecule has 0 radical (unpaired) electrons. The van der Waals surface area contributed by atoms with Gasteiger partial charge >= 0.3 is 0 Å². The molecule has 396 valence electrons. The van der Waals surface area contributed by atoms with E-state index in [1.54, 1.807) is 5.57 Å². The standard InChI is InChI=1S/C72H92N2S/c1-46-36-50(73(48-24-26-54-56(39-48)66(6,7)30-28-64(54,2)3)60-42-59-58(68(10,11)32-33-69(59,12)13)41-52(60)47-22-20-19-21-23-47)38-51(37-46)74(49-25-27-55-57(40-49)67(8,9)31-29-65(55,4)5)61-45-75-62-43-63-70(14,15)34-35-71(16,17)72(63,18)44-53(61)62/h19-22,24-27,36-43,45,47H,23,28-35,44H2,1-18H3/t47?,72-/m0/s1. The first-order chi connectivity index (χ1) is 34.9. The van der Waals surface area contributed by atoms with Crippen LogP contribution in [0.15, 0.2) is 102 Å². The van der Waals surface area contributed by atoms with Crippen LogP contribution >= 0.6 is 11.3 Å². The van der Waals surface area contributed by atoms with E-state index in [0.717, 1.165) is 12.8 Å². The van der Waals surface area contributed by atoms with Gasteiger partial charge in [-0.25, -0.2) is 0 Å². The number of rotatable bonds is 7. The molecule has 0 spiro atoms. The summed E-state index contributed by atoms with van der Waals surface area (Å²) in [7, 11) is 0. The topological polar surface area (TPSA) is 6.48 Å². The summed E-state index contributed by atoms with van der Waals surface area (Å²) in [5, 5.41) is 2.53. The van der Waals surface area contributed by atoms with Crippen molar-refractivity contribution < 1.29 is 0 Å². The van der Waals surface area contributed by atoms with Crippen molar-refractivity contribution in [2.24, 2.45) is 16.2 Å². The number of thiophene rings is 1. The molecular weight excluding hydrogens is 925 g/mol. The van der Waals surface area contributed by atoms with Gasteiger partial charge in [-0.15, -0.1) is 11.3 Å². The highest BCUT2D eigenvalue weighted by Gasteiger charge is 2.54. The third kappa shape index (κ3) is 8.52. The summed E-state index contributed by atoms with van der Waals surface area (Å²) in [5.74, 6) is 0.265. The normalized spacial score (nSPS) is 25.4. The van der Waals surface area contributed by atoms with Crippen LogP contribution in [0.25, 0.3) is 6.08 Å². The minimum Gasteiger partial charge on any atom is -0.310 e. The minimum absolute atomic E-state index is 0.0441. The summed E-state index contributed by atoms with van der Waals surface area (Å²) < 4.78 is 0. The Hall–Kier alpha value is -4.60. The molecule has 3 heteroatoms. The maximum absolute atomic E-state index is 2.72. The predicted molar refractivity (Wildman–Crippen MR) is 327 cm³/mol. The number of aryl methyl sites for hydroxylation is 1. The van der Waals surface area contributed by atoms with E-state index in [1.807, 2.05) is 11.3 Å². The molecular formula is C72H92N2S. The zero-order chi connectivity index (χ0) is 53.8. The number of benzene rings is 4. The minimum atomic E-state index is 0.0441. The van der Waals surface area contributed by atoms with Gasteiger partial charge in [0.1, 0.15) is 0 Å². The molecule has 0 bridgehead atoms. The fourth-order valence-corrected chi connectivity index (χ4v) is 16.4. The second-order valence-corrected chi connectivity index (χ2v) is 31.3. The summed E-state index contributed by atoms with van der Waals surface area (Å²) in [6.45, 7) is 44.9. The van der Waals surface area contributed by atoms with Crippen LogP contribution in [0.1, 0.15) is 236 Å². The van der Waals surface area contributed by atoms with Crippen LogP contribution < -0.4 is 9.80 Å². The van der Waals surface area contributed by atoms with Gasteiger partial charge in [-0.3, -0.25) is 0 Å². The Morgan fingerprint density at radius 3 is 1.43 bits per heavy atom. The maximum Gasteiger partial charge on any atom is 0.0607 e. The second-order valence-electron chi connectivity index (χ2n) is 30.4. The van der Waals surface area contributed by atoms with Gasteiger partial charge in [0.15, 0.2) is 0 Å². The maximum atomic E-state index is 2.72. The predicted octanol–water partition coefficient (Wildman–Crippen LogP) is 21.4. The molecule has 11 rings (SSSR count). The molecule has 1 unspecified atom stereocenters. The van der Waals surface area contributed by atoms with Gasteiger partial charge in [0.25, 0.3) is 0 Å². The van der Waals surface area contributed by atoms with Crippen LogP contribution in [0.5, 0.6) is 0 Å². The zero-order valence-corrected chi connectivity index (χ0v) is 50.6. The SMILES string of the molecule is Cc1cc(N(c2ccc3c(c2)C(C)(C)CCC3(C)C)c2cc3c(cc2C2C=CC=CC2)C(C)(C)CCC3(C)C)cc(N(c2ccc3c(c2)C(C)(C)CCC3(C)C)c2csc3c2C[C@@]2(C)C(=C3)C(C)(C)CCC2(C)C)c1. The molecule has 6 aliphatic rings. The largest absolute Gasteiger partial charge is 0.310 e. The Labute approximate surface area is 459 Å². The number of hydrogen-bond acceptors (Lipinski definition) is 3. The molecule has 5 aromatic rings. The molecule has 2 nitrogen and oxygen atoms in total. The van der Waals surface area contributed by atoms with Crippen LogP contribution in [-0.2, 0) is 38.9 Å². The van der Waals surface area contributed by atoms with Gasteiger partial charge in [-0.1, -0.05) is 166 Å². The Kier molecular flexibility index (Phi) is 12.0. The average Bonchev–Trinajstić information content (AvgIpc) is 3.74. The Morgan fingerprint density at radius 2 is 0.920 bits per heavy atom. The first-order valence-corrected chi connectivity index (χ1v) is 30.1. The van der Waals surface area contributed by atoms with Crippen molar-refractivity contribution >= 4 is 51.5 Å². The zero-order valence-electron chi connectivity index (χ0n) is 49.8. The fraction of sp³-hybridized carbons (Fsp3) is 0.528. The number of anilines is 6. The van der Waals surface area contributed by atoms with Crippen molar-refractivity contribution in [1.82, 2.24) is 0 Å². The van der Waals surface area contributed by atoms with Crippen molar-refractivity contribution in [3.63, 3.8) is 0 Å². The van der Waals surface area contributed by atoms with Crippen LogP contribution in [-0.4, -0.2) is 0 Å². The lowest BCUT2D eigenvalue weighted by molar-refractivity contribution is 0.0403. The van der Waals surface area contributed by atoms with Gasteiger partial charge in [0.05, 0.1) is 11.4 Å². The number of fused-ring (bicyclic) bond motifs is 5. The van der Waals surface area contributed by atoms with Gasteiger partial charge in [-0.05, 0) is 225 Å². The lowest BCUT2D eigenvalue weighted by atomic mass is 9.47. The van der Waals surface area contributed by atoms with E-state index in [4.69, 9.17) is 0 Å². The molecule has 6 aliphatic carbocycles. The number of hydrogen-bond donors (Lipinski definition) is 0. The van der Waals surface area contributed by atoms with Crippen molar-refractivity contribution in [1.29, 1.82) is 0 Å². The van der Waals surface area contributed by atoms with E-state index in [-0.39, 0.29) is 54.7 Å². The van der Waals surface area contributed by atoms with E-state index in [0.29, 0.717) is 0 Å². The van der Waals surface area contributed by atoms with Crippen molar-refractivity contribution in [3.05, 3.63) is 157 Å². The summed E-state index contributed by atoms with van der Waals surface area (Å²) in [6, 6.07) is 28.1. The second kappa shape index (κ2) is 17.2. The van der Waals surface area contributed by atoms with Crippen LogP contribution in [0.4, 0.5) is 34.1 Å². The summed E-state index contributed by atoms with van der Waals surface area (Å²) in [4.78, 5) is 6.87. The van der Waals surface area contributed by atoms with Crippen molar-refractivity contribution in [2.45, 2.75) is 227 Å². The fourth-order valence-electron chi connectivity index (χ4n) is 15.4. The van der Waals surface area contributed by atoms with Crippen LogP contribution in [0.2, 0.25) is 0 Å². The summed E-state index contributed by atoms with van der Waals surface area (Å²) in [5.41, 5.74) is 23.4. The molecule has 1 saturated carbocycles. The highest BCUT2D eigenvalue weighted by Crippen LogP contribution is 2.65. The molecule has 1 aromatic heterocycles. The highest BCUT2D eigenvalue weighted by molar-refractivity contribution is 7.11. The molecule has 1 heterocycles. The van der Waals surface area contributed by atoms with E-state index in [9.17, 15) is 0 Å². The lowest BCUT2D eigenvalue weighted by Crippen LogP contribution is -2.48. The smallest absolute Gasteiger partial charge is 0.0607 e. The van der Waals surface area contributed by atoms with E-state index >= 15 is 0 Å². The molecule has 1 fully saturated rings. The molecule has 4 aromatic carbocycles. The highest BCUT2D eigenvalue weighted by atomic mass is 32.1.